The van der Waals surface area contributed by atoms with Crippen molar-refractivity contribution in [1.29, 1.82) is 0 Å². The summed E-state index contributed by atoms with van der Waals surface area (Å²) in [5.41, 5.74) is 2.82. The fraction of sp³-hybridized carbons (Fsp3) is 0.500. The summed E-state index contributed by atoms with van der Waals surface area (Å²) in [5, 5.41) is 0. The van der Waals surface area contributed by atoms with Crippen LogP contribution in [-0.2, 0) is 0 Å². The minimum atomic E-state index is -5.54. The molecule has 0 radical (unpaired) electrons. The van der Waals surface area contributed by atoms with Crippen molar-refractivity contribution in [2.45, 2.75) is 69.8 Å². The van der Waals surface area contributed by atoms with Crippen LogP contribution in [0.2, 0.25) is 0 Å². The molecule has 2 aromatic rings. The molecule has 170 valence electrons. The van der Waals surface area contributed by atoms with E-state index in [1.165, 1.54) is 56.2 Å². The van der Waals surface area contributed by atoms with E-state index in [1.807, 2.05) is 12.1 Å². The zero-order chi connectivity index (χ0) is 22.6. The van der Waals surface area contributed by atoms with Crippen LogP contribution in [-0.4, -0.2) is 18.5 Å². The quantitative estimate of drug-likeness (QED) is 0.407. The van der Waals surface area contributed by atoms with E-state index < -0.39 is 24.2 Å². The summed E-state index contributed by atoms with van der Waals surface area (Å²) in [4.78, 5) is 0. The number of hydrogen-bond acceptors (Lipinski definition) is 1. The summed E-state index contributed by atoms with van der Waals surface area (Å²) in [5.74, 6) is 0.888. The van der Waals surface area contributed by atoms with Gasteiger partial charge in [-0.1, -0.05) is 56.2 Å². The molecule has 0 saturated heterocycles. The van der Waals surface area contributed by atoms with Crippen LogP contribution in [0.5, 0.6) is 5.75 Å². The van der Waals surface area contributed by atoms with Gasteiger partial charge in [-0.15, -0.1) is 0 Å². The smallest absolute Gasteiger partial charge is 0.434 e. The van der Waals surface area contributed by atoms with E-state index >= 15 is 0 Å². The molecule has 0 atom stereocenters. The first-order chi connectivity index (χ1) is 14.6. The van der Waals surface area contributed by atoms with Gasteiger partial charge < -0.3 is 4.74 Å². The highest BCUT2D eigenvalue weighted by atomic mass is 19.4. The third-order valence-electron chi connectivity index (χ3n) is 5.96. The largest absolute Gasteiger partial charge is 0.471 e. The van der Waals surface area contributed by atoms with Gasteiger partial charge in [-0.2, -0.15) is 26.3 Å². The molecule has 0 aromatic heterocycles. The van der Waals surface area contributed by atoms with Gasteiger partial charge in [-0.3, -0.25) is 0 Å². The molecule has 0 amide bonds. The fourth-order valence-corrected chi connectivity index (χ4v) is 4.32. The molecule has 1 saturated carbocycles. The second-order valence-corrected chi connectivity index (χ2v) is 8.23. The van der Waals surface area contributed by atoms with Crippen molar-refractivity contribution in [1.82, 2.24) is 0 Å². The lowest BCUT2D eigenvalue weighted by molar-refractivity contribution is -0.299. The molecule has 3 rings (SSSR count). The molecule has 1 nitrogen and oxygen atoms in total. The molecule has 0 bridgehead atoms. The van der Waals surface area contributed by atoms with Crippen molar-refractivity contribution in [3.05, 3.63) is 54.1 Å². The third kappa shape index (κ3) is 6.17. The monoisotopic (exact) mass is 444 g/mol. The van der Waals surface area contributed by atoms with Crippen molar-refractivity contribution >= 4 is 0 Å². The average molecular weight is 444 g/mol. The molecule has 0 unspecified atom stereocenters. The van der Waals surface area contributed by atoms with Crippen LogP contribution in [0.25, 0.3) is 11.1 Å². The molecule has 0 spiro atoms. The lowest BCUT2D eigenvalue weighted by Crippen LogP contribution is -2.46. The lowest BCUT2D eigenvalue weighted by atomic mass is 9.77. The predicted molar refractivity (Wildman–Crippen MR) is 108 cm³/mol. The third-order valence-corrected chi connectivity index (χ3v) is 5.96. The highest BCUT2D eigenvalue weighted by Gasteiger charge is 2.59. The molecular weight excluding hydrogens is 418 g/mol. The Morgan fingerprint density at radius 3 is 1.71 bits per heavy atom. The predicted octanol–water partition coefficient (Wildman–Crippen LogP) is 8.30. The maximum absolute atomic E-state index is 12.7. The van der Waals surface area contributed by atoms with E-state index in [-0.39, 0.29) is 0 Å². The van der Waals surface area contributed by atoms with Crippen LogP contribution in [0.4, 0.5) is 26.3 Å². The lowest BCUT2D eigenvalue weighted by Gasteiger charge is -2.28. The molecule has 1 aliphatic rings. The van der Waals surface area contributed by atoms with E-state index in [0.717, 1.165) is 23.6 Å². The Morgan fingerprint density at radius 1 is 0.774 bits per heavy atom. The molecule has 1 aliphatic carbocycles. The first-order valence-electron chi connectivity index (χ1n) is 10.6. The standard InChI is InChI=1S/C24H26F6O/c1-2-3-16-4-6-17(7-5-16)18-8-10-19(11-9-18)20-12-14-21(15-13-20)31-22(23(25,26)27)24(28,29)30/h8-17,22H,2-7H2,1H3. The molecule has 7 heteroatoms. The van der Waals surface area contributed by atoms with Gasteiger partial charge >= 0.3 is 12.4 Å². The fourth-order valence-electron chi connectivity index (χ4n) is 4.32. The second-order valence-electron chi connectivity index (χ2n) is 8.23. The second kappa shape index (κ2) is 9.53. The maximum Gasteiger partial charge on any atom is 0.434 e. The van der Waals surface area contributed by atoms with Gasteiger partial charge in [0.05, 0.1) is 0 Å². The first kappa shape index (κ1) is 23.5. The number of hydrogen-bond donors (Lipinski definition) is 0. The molecule has 1 fully saturated rings. The van der Waals surface area contributed by atoms with Gasteiger partial charge in [0.15, 0.2) is 0 Å². The first-order valence-corrected chi connectivity index (χ1v) is 10.6. The molecule has 0 aliphatic heterocycles. The summed E-state index contributed by atoms with van der Waals surface area (Å²) in [6.07, 6.45) is -7.57. The summed E-state index contributed by atoms with van der Waals surface area (Å²) < 4.78 is 80.1. The summed E-state index contributed by atoms with van der Waals surface area (Å²) in [6, 6.07) is 13.2. The minimum absolute atomic E-state index is 0.483. The maximum atomic E-state index is 12.7. The molecule has 0 N–H and O–H groups in total. The average Bonchev–Trinajstić information content (AvgIpc) is 2.72. The van der Waals surface area contributed by atoms with Crippen molar-refractivity contribution in [2.24, 2.45) is 5.92 Å². The van der Waals surface area contributed by atoms with Crippen molar-refractivity contribution in [3.8, 4) is 16.9 Å². The van der Waals surface area contributed by atoms with Crippen LogP contribution in [0, 0.1) is 5.92 Å². The minimum Gasteiger partial charge on any atom is -0.471 e. The SMILES string of the molecule is CCCC1CCC(c2ccc(-c3ccc(OC(C(F)(F)F)C(F)(F)F)cc3)cc2)CC1. The zero-order valence-corrected chi connectivity index (χ0v) is 17.3. The van der Waals surface area contributed by atoms with Crippen molar-refractivity contribution in [3.63, 3.8) is 0 Å². The zero-order valence-electron chi connectivity index (χ0n) is 17.3. The molecule has 2 aromatic carbocycles. The Labute approximate surface area is 178 Å². The van der Waals surface area contributed by atoms with Gasteiger partial charge in [0.25, 0.3) is 6.10 Å². The van der Waals surface area contributed by atoms with E-state index in [1.54, 1.807) is 0 Å². The van der Waals surface area contributed by atoms with Gasteiger partial charge in [0.2, 0.25) is 0 Å². The summed E-state index contributed by atoms with van der Waals surface area (Å²) in [6.45, 7) is 2.22. The van der Waals surface area contributed by atoms with E-state index in [2.05, 4.69) is 23.8 Å². The van der Waals surface area contributed by atoms with E-state index in [0.29, 0.717) is 11.5 Å². The Hall–Kier alpha value is -2.18. The highest BCUT2D eigenvalue weighted by molar-refractivity contribution is 5.64. The van der Waals surface area contributed by atoms with Crippen molar-refractivity contribution in [2.75, 3.05) is 0 Å². The van der Waals surface area contributed by atoms with Crippen LogP contribution in [0.15, 0.2) is 48.5 Å². The van der Waals surface area contributed by atoms with Crippen molar-refractivity contribution < 1.29 is 31.1 Å². The Balaban J connectivity index is 1.65. The Kier molecular flexibility index (Phi) is 7.22. The van der Waals surface area contributed by atoms with Gasteiger partial charge in [0.1, 0.15) is 5.75 Å². The van der Waals surface area contributed by atoms with Crippen LogP contribution in [0.1, 0.15) is 56.9 Å². The topological polar surface area (TPSA) is 9.23 Å². The van der Waals surface area contributed by atoms with E-state index in [9.17, 15) is 26.3 Å². The number of benzene rings is 2. The number of rotatable bonds is 6. The highest BCUT2D eigenvalue weighted by Crippen LogP contribution is 2.39. The number of alkyl halides is 6. The Bertz CT molecular complexity index is 801. The Morgan fingerprint density at radius 2 is 1.26 bits per heavy atom. The van der Waals surface area contributed by atoms with Gasteiger partial charge in [-0.25, -0.2) is 0 Å². The summed E-state index contributed by atoms with van der Waals surface area (Å²) in [7, 11) is 0. The van der Waals surface area contributed by atoms with Crippen LogP contribution >= 0.6 is 0 Å². The number of halogens is 6. The molecule has 31 heavy (non-hydrogen) atoms. The molecule has 0 heterocycles. The number of ether oxygens (including phenoxy) is 1. The van der Waals surface area contributed by atoms with Crippen LogP contribution < -0.4 is 4.74 Å². The normalized spacial score (nSPS) is 20.1. The van der Waals surface area contributed by atoms with Gasteiger partial charge in [-0.05, 0) is 66.3 Å². The van der Waals surface area contributed by atoms with Gasteiger partial charge in [0, 0.05) is 0 Å². The van der Waals surface area contributed by atoms with E-state index in [4.69, 9.17) is 0 Å². The molecular formula is C24H26F6O. The van der Waals surface area contributed by atoms with Crippen LogP contribution in [0.3, 0.4) is 0 Å². The summed E-state index contributed by atoms with van der Waals surface area (Å²) >= 11 is 0.